The number of nitrogens with two attached hydrogens (primary N) is 1. The number of carbonyl (C=O) groups is 1. The highest BCUT2D eigenvalue weighted by Gasteiger charge is 2.16. The minimum absolute atomic E-state index is 0.0396. The van der Waals surface area contributed by atoms with Crippen molar-refractivity contribution in [3.8, 4) is 0 Å². The number of nitrogens with one attached hydrogen (secondary N) is 1. The van der Waals surface area contributed by atoms with Gasteiger partial charge in [0.2, 0.25) is 5.91 Å². The molecule has 0 heterocycles. The number of nitrogen functional groups attached to an aromatic ring is 1. The van der Waals surface area contributed by atoms with Gasteiger partial charge in [-0.25, -0.2) is 8.78 Å². The van der Waals surface area contributed by atoms with Crippen LogP contribution in [0.5, 0.6) is 0 Å². The zero-order chi connectivity index (χ0) is 15.4. The molecule has 6 heteroatoms. The maximum atomic E-state index is 13.5. The molecule has 0 bridgehead atoms. The number of carbonyl (C=O) groups excluding carboxylic acids is 1. The number of rotatable bonds is 4. The molecular weight excluding hydrogens is 294 g/mol. The topological polar surface area (TPSA) is 55.1 Å². The second-order valence-corrected chi connectivity index (χ2v) is 5.80. The van der Waals surface area contributed by atoms with Crippen LogP contribution in [0.3, 0.4) is 0 Å². The van der Waals surface area contributed by atoms with E-state index in [4.69, 9.17) is 5.73 Å². The van der Waals surface area contributed by atoms with Gasteiger partial charge in [0.15, 0.2) is 0 Å². The van der Waals surface area contributed by atoms with Crippen LogP contribution in [0.1, 0.15) is 6.92 Å². The van der Waals surface area contributed by atoms with Crippen LogP contribution in [0.4, 0.5) is 20.2 Å². The van der Waals surface area contributed by atoms with Gasteiger partial charge in [0.1, 0.15) is 11.6 Å². The highest BCUT2D eigenvalue weighted by Crippen LogP contribution is 2.26. The summed E-state index contributed by atoms with van der Waals surface area (Å²) in [5.74, 6) is -1.22. The minimum atomic E-state index is -0.540. The third kappa shape index (κ3) is 3.95. The van der Waals surface area contributed by atoms with Crippen molar-refractivity contribution in [2.75, 3.05) is 11.1 Å². The molecule has 3 N–H and O–H groups in total. The molecule has 1 unspecified atom stereocenters. The Morgan fingerprint density at radius 1 is 1.19 bits per heavy atom. The Hall–Kier alpha value is -2.08. The maximum absolute atomic E-state index is 13.5. The summed E-state index contributed by atoms with van der Waals surface area (Å²) in [5, 5.41) is 2.11. The zero-order valence-corrected chi connectivity index (χ0v) is 12.1. The van der Waals surface area contributed by atoms with Crippen molar-refractivity contribution in [2.45, 2.75) is 17.1 Å². The number of amides is 1. The first kappa shape index (κ1) is 15.3. The molecule has 0 aliphatic rings. The van der Waals surface area contributed by atoms with Gasteiger partial charge in [-0.1, -0.05) is 12.1 Å². The third-order valence-corrected chi connectivity index (χ3v) is 3.93. The van der Waals surface area contributed by atoms with Gasteiger partial charge in [-0.15, -0.1) is 11.8 Å². The van der Waals surface area contributed by atoms with Crippen LogP contribution >= 0.6 is 11.8 Å². The molecule has 2 aromatic carbocycles. The Morgan fingerprint density at radius 3 is 2.57 bits per heavy atom. The molecule has 1 amide bonds. The number of hydrogen-bond acceptors (Lipinski definition) is 3. The lowest BCUT2D eigenvalue weighted by molar-refractivity contribution is -0.115. The molecule has 2 rings (SSSR count). The molecule has 0 saturated carbocycles. The molecule has 0 fully saturated rings. The molecule has 0 radical (unpaired) electrons. The predicted molar refractivity (Wildman–Crippen MR) is 81.2 cm³/mol. The Bertz CT molecular complexity index is 664. The first-order valence-electron chi connectivity index (χ1n) is 6.24. The highest BCUT2D eigenvalue weighted by atomic mass is 32.2. The van der Waals surface area contributed by atoms with Gasteiger partial charge < -0.3 is 11.1 Å². The maximum Gasteiger partial charge on any atom is 0.237 e. The number of halogens is 2. The quantitative estimate of drug-likeness (QED) is 0.669. The molecule has 21 heavy (non-hydrogen) atoms. The summed E-state index contributed by atoms with van der Waals surface area (Å²) in [7, 11) is 0. The van der Waals surface area contributed by atoms with Crippen molar-refractivity contribution >= 4 is 29.0 Å². The van der Waals surface area contributed by atoms with E-state index in [9.17, 15) is 13.6 Å². The summed E-state index contributed by atoms with van der Waals surface area (Å²) in [5.41, 5.74) is 5.80. The largest absolute Gasteiger partial charge is 0.396 e. The van der Waals surface area contributed by atoms with Gasteiger partial charge in [0.25, 0.3) is 0 Å². The second kappa shape index (κ2) is 6.58. The van der Waals surface area contributed by atoms with E-state index < -0.39 is 11.1 Å². The fourth-order valence-electron chi connectivity index (χ4n) is 1.65. The molecular formula is C15H14F2N2OS. The Labute approximate surface area is 125 Å². The zero-order valence-electron chi connectivity index (χ0n) is 11.3. The van der Waals surface area contributed by atoms with Crippen molar-refractivity contribution in [2.24, 2.45) is 0 Å². The SMILES string of the molecule is CC(Sc1ccccc1F)C(=O)Nc1ccc(F)c(N)c1. The van der Waals surface area contributed by atoms with Crippen LogP contribution in [-0.2, 0) is 4.79 Å². The van der Waals surface area contributed by atoms with E-state index in [2.05, 4.69) is 5.32 Å². The van der Waals surface area contributed by atoms with Crippen LogP contribution < -0.4 is 11.1 Å². The van der Waals surface area contributed by atoms with E-state index in [0.717, 1.165) is 11.8 Å². The average Bonchev–Trinajstić information content (AvgIpc) is 2.45. The number of benzene rings is 2. The summed E-state index contributed by atoms with van der Waals surface area (Å²) in [4.78, 5) is 12.4. The fourth-order valence-corrected chi connectivity index (χ4v) is 2.53. The highest BCUT2D eigenvalue weighted by molar-refractivity contribution is 8.00. The first-order valence-corrected chi connectivity index (χ1v) is 7.12. The second-order valence-electron chi connectivity index (χ2n) is 4.42. The number of anilines is 2. The van der Waals surface area contributed by atoms with Crippen molar-refractivity contribution in [1.29, 1.82) is 0 Å². The van der Waals surface area contributed by atoms with Crippen LogP contribution in [0.25, 0.3) is 0 Å². The molecule has 110 valence electrons. The van der Waals surface area contributed by atoms with E-state index in [-0.39, 0.29) is 17.4 Å². The van der Waals surface area contributed by atoms with Crippen molar-refractivity contribution in [1.82, 2.24) is 0 Å². The van der Waals surface area contributed by atoms with E-state index in [1.54, 1.807) is 25.1 Å². The van der Waals surface area contributed by atoms with Gasteiger partial charge in [-0.3, -0.25) is 4.79 Å². The smallest absolute Gasteiger partial charge is 0.237 e. The lowest BCUT2D eigenvalue weighted by Gasteiger charge is -2.13. The molecule has 1 atom stereocenters. The third-order valence-electron chi connectivity index (χ3n) is 2.77. The van der Waals surface area contributed by atoms with Gasteiger partial charge in [0.05, 0.1) is 10.9 Å². The van der Waals surface area contributed by atoms with E-state index in [1.165, 1.54) is 24.3 Å². The Balaban J connectivity index is 2.02. The summed E-state index contributed by atoms with van der Waals surface area (Å²) in [6, 6.07) is 10.2. The predicted octanol–water partition coefficient (Wildman–Crippen LogP) is 3.67. The molecule has 0 aliphatic heterocycles. The molecule has 0 spiro atoms. The summed E-state index contributed by atoms with van der Waals surface area (Å²) in [6.07, 6.45) is 0. The van der Waals surface area contributed by atoms with Crippen LogP contribution in [-0.4, -0.2) is 11.2 Å². The molecule has 3 nitrogen and oxygen atoms in total. The minimum Gasteiger partial charge on any atom is -0.396 e. The first-order chi connectivity index (χ1) is 9.97. The summed E-state index contributed by atoms with van der Waals surface area (Å²) >= 11 is 1.11. The normalized spacial score (nSPS) is 12.0. The molecule has 0 saturated heterocycles. The van der Waals surface area contributed by atoms with Crippen LogP contribution in [0, 0.1) is 11.6 Å². The molecule has 0 aromatic heterocycles. The van der Waals surface area contributed by atoms with Gasteiger partial charge in [-0.05, 0) is 37.3 Å². The van der Waals surface area contributed by atoms with Crippen molar-refractivity contribution < 1.29 is 13.6 Å². The Morgan fingerprint density at radius 2 is 1.90 bits per heavy atom. The summed E-state index contributed by atoms with van der Waals surface area (Å²) in [6.45, 7) is 1.67. The van der Waals surface area contributed by atoms with E-state index in [1.807, 2.05) is 0 Å². The fraction of sp³-hybridized carbons (Fsp3) is 0.133. The molecule has 0 aliphatic carbocycles. The molecule has 2 aromatic rings. The average molecular weight is 308 g/mol. The number of thioether (sulfide) groups is 1. The van der Waals surface area contributed by atoms with Gasteiger partial charge in [0, 0.05) is 10.6 Å². The van der Waals surface area contributed by atoms with Crippen LogP contribution in [0.2, 0.25) is 0 Å². The van der Waals surface area contributed by atoms with Gasteiger partial charge >= 0.3 is 0 Å². The monoisotopic (exact) mass is 308 g/mol. The summed E-state index contributed by atoms with van der Waals surface area (Å²) < 4.78 is 26.6. The standard InChI is InChI=1S/C15H14F2N2OS/c1-9(21-14-5-3-2-4-12(14)17)15(20)19-10-6-7-11(16)13(18)8-10/h2-9H,18H2,1H3,(H,19,20). The Kier molecular flexibility index (Phi) is 4.80. The van der Waals surface area contributed by atoms with E-state index >= 15 is 0 Å². The van der Waals surface area contributed by atoms with Crippen LogP contribution in [0.15, 0.2) is 47.4 Å². The van der Waals surface area contributed by atoms with Gasteiger partial charge in [-0.2, -0.15) is 0 Å². The van der Waals surface area contributed by atoms with E-state index in [0.29, 0.717) is 10.6 Å². The number of hydrogen-bond donors (Lipinski definition) is 2. The van der Waals surface area contributed by atoms with Crippen molar-refractivity contribution in [3.63, 3.8) is 0 Å². The lowest BCUT2D eigenvalue weighted by Crippen LogP contribution is -2.22. The van der Waals surface area contributed by atoms with Crippen molar-refractivity contribution in [3.05, 3.63) is 54.1 Å². The lowest BCUT2D eigenvalue weighted by atomic mass is 10.2.